The predicted molar refractivity (Wildman–Crippen MR) is 79.7 cm³/mol. The van der Waals surface area contributed by atoms with E-state index in [9.17, 15) is 9.59 Å². The van der Waals surface area contributed by atoms with Crippen molar-refractivity contribution in [3.8, 4) is 5.75 Å². The largest absolute Gasteiger partial charge is 0.494 e. The first-order valence-electron chi connectivity index (χ1n) is 6.63. The standard InChI is InChI=1S/C14H18N4O3/c1-4-21-11-7-5-6-10(8-11)9-15-12-13(19)17(2)14(20)18(3)16-12/h5-8H,4,9H2,1-3H3,(H,15,16). The van der Waals surface area contributed by atoms with Crippen LogP contribution in [0.25, 0.3) is 0 Å². The van der Waals surface area contributed by atoms with Crippen molar-refractivity contribution in [3.63, 3.8) is 0 Å². The van der Waals surface area contributed by atoms with E-state index >= 15 is 0 Å². The van der Waals surface area contributed by atoms with E-state index in [1.807, 2.05) is 31.2 Å². The molecule has 21 heavy (non-hydrogen) atoms. The molecule has 0 saturated carbocycles. The van der Waals surface area contributed by atoms with Crippen molar-refractivity contribution in [2.24, 2.45) is 14.1 Å². The van der Waals surface area contributed by atoms with Gasteiger partial charge in [-0.2, -0.15) is 0 Å². The SMILES string of the molecule is CCOc1cccc(CNc2nn(C)c(=O)n(C)c2=O)c1. The Bertz CT molecular complexity index is 749. The summed E-state index contributed by atoms with van der Waals surface area (Å²) in [6.07, 6.45) is 0. The number of ether oxygens (including phenoxy) is 1. The molecule has 1 aromatic heterocycles. The van der Waals surface area contributed by atoms with Gasteiger partial charge < -0.3 is 10.1 Å². The minimum Gasteiger partial charge on any atom is -0.494 e. The average molecular weight is 290 g/mol. The molecule has 2 aromatic rings. The van der Waals surface area contributed by atoms with E-state index in [4.69, 9.17) is 4.74 Å². The van der Waals surface area contributed by atoms with Crippen molar-refractivity contribution in [2.45, 2.75) is 13.5 Å². The van der Waals surface area contributed by atoms with E-state index in [0.717, 1.165) is 20.6 Å². The molecule has 2 rings (SSSR count). The number of aryl methyl sites for hydroxylation is 1. The molecule has 0 amide bonds. The zero-order chi connectivity index (χ0) is 15.4. The number of hydrogen-bond acceptors (Lipinski definition) is 5. The lowest BCUT2D eigenvalue weighted by molar-refractivity contribution is 0.340. The summed E-state index contributed by atoms with van der Waals surface area (Å²) in [6, 6.07) is 7.57. The fourth-order valence-corrected chi connectivity index (χ4v) is 1.91. The van der Waals surface area contributed by atoms with Gasteiger partial charge in [0.05, 0.1) is 6.61 Å². The Labute approximate surface area is 121 Å². The lowest BCUT2D eigenvalue weighted by Crippen LogP contribution is -2.39. The molecule has 0 aliphatic carbocycles. The molecule has 112 valence electrons. The van der Waals surface area contributed by atoms with Gasteiger partial charge in [0.15, 0.2) is 0 Å². The Kier molecular flexibility index (Phi) is 4.42. The first-order valence-corrected chi connectivity index (χ1v) is 6.63. The number of nitrogens with zero attached hydrogens (tertiary/aromatic N) is 3. The molecule has 1 heterocycles. The van der Waals surface area contributed by atoms with Gasteiger partial charge in [0.1, 0.15) is 5.75 Å². The van der Waals surface area contributed by atoms with Crippen LogP contribution in [-0.4, -0.2) is 21.0 Å². The van der Waals surface area contributed by atoms with Gasteiger partial charge in [-0.25, -0.2) is 9.48 Å². The highest BCUT2D eigenvalue weighted by Gasteiger charge is 2.08. The van der Waals surface area contributed by atoms with Gasteiger partial charge >= 0.3 is 5.69 Å². The molecule has 1 aromatic carbocycles. The lowest BCUT2D eigenvalue weighted by Gasteiger charge is -2.09. The van der Waals surface area contributed by atoms with Crippen LogP contribution in [0.1, 0.15) is 12.5 Å². The van der Waals surface area contributed by atoms with Gasteiger partial charge in [-0.15, -0.1) is 5.10 Å². The number of nitrogens with one attached hydrogen (secondary N) is 1. The first-order chi connectivity index (χ1) is 10.0. The molecule has 0 atom stereocenters. The third kappa shape index (κ3) is 3.31. The van der Waals surface area contributed by atoms with Crippen LogP contribution in [0.15, 0.2) is 33.9 Å². The highest BCUT2D eigenvalue weighted by molar-refractivity contribution is 5.34. The summed E-state index contributed by atoms with van der Waals surface area (Å²) < 4.78 is 7.57. The molecule has 0 fully saturated rings. The highest BCUT2D eigenvalue weighted by Crippen LogP contribution is 2.13. The quantitative estimate of drug-likeness (QED) is 0.867. The molecule has 0 unspecified atom stereocenters. The molecule has 1 N–H and O–H groups in total. The molecule has 0 saturated heterocycles. The molecule has 0 aliphatic heterocycles. The maximum Gasteiger partial charge on any atom is 0.346 e. The van der Waals surface area contributed by atoms with Gasteiger partial charge in [-0.1, -0.05) is 12.1 Å². The van der Waals surface area contributed by atoms with Crippen LogP contribution in [0.4, 0.5) is 5.82 Å². The Hall–Kier alpha value is -2.57. The Morgan fingerprint density at radius 3 is 2.76 bits per heavy atom. The predicted octanol–water partition coefficient (Wildman–Crippen LogP) is 0.490. The highest BCUT2D eigenvalue weighted by atomic mass is 16.5. The van der Waals surface area contributed by atoms with Crippen LogP contribution < -0.4 is 21.3 Å². The second kappa shape index (κ2) is 6.25. The van der Waals surface area contributed by atoms with Crippen LogP contribution in [0.3, 0.4) is 0 Å². The second-order valence-electron chi connectivity index (χ2n) is 4.55. The zero-order valence-electron chi connectivity index (χ0n) is 12.3. The monoisotopic (exact) mass is 290 g/mol. The number of anilines is 1. The number of rotatable bonds is 5. The smallest absolute Gasteiger partial charge is 0.346 e. The van der Waals surface area contributed by atoms with Crippen LogP contribution >= 0.6 is 0 Å². The maximum absolute atomic E-state index is 11.9. The first kappa shape index (κ1) is 14.8. The van der Waals surface area contributed by atoms with E-state index in [1.54, 1.807) is 0 Å². The van der Waals surface area contributed by atoms with E-state index in [-0.39, 0.29) is 5.82 Å². The molecule has 7 nitrogen and oxygen atoms in total. The molecule has 0 spiro atoms. The molecule has 7 heteroatoms. The lowest BCUT2D eigenvalue weighted by atomic mass is 10.2. The zero-order valence-corrected chi connectivity index (χ0v) is 12.3. The Morgan fingerprint density at radius 1 is 1.29 bits per heavy atom. The van der Waals surface area contributed by atoms with Crippen molar-refractivity contribution in [3.05, 3.63) is 50.7 Å². The third-order valence-electron chi connectivity index (χ3n) is 2.99. The van der Waals surface area contributed by atoms with Crippen molar-refractivity contribution >= 4 is 5.82 Å². The van der Waals surface area contributed by atoms with Crippen molar-refractivity contribution in [1.82, 2.24) is 14.3 Å². The third-order valence-corrected chi connectivity index (χ3v) is 2.99. The minimum atomic E-state index is -0.455. The van der Waals surface area contributed by atoms with Gasteiger partial charge in [0.25, 0.3) is 5.56 Å². The number of hydrogen-bond donors (Lipinski definition) is 1. The van der Waals surface area contributed by atoms with Crippen LogP contribution in [0.2, 0.25) is 0 Å². The molecule has 0 radical (unpaired) electrons. The maximum atomic E-state index is 11.9. The van der Waals surface area contributed by atoms with Gasteiger partial charge in [-0.05, 0) is 24.6 Å². The molecule has 0 aliphatic rings. The van der Waals surface area contributed by atoms with E-state index in [2.05, 4.69) is 10.4 Å². The molecular formula is C14H18N4O3. The van der Waals surface area contributed by atoms with Crippen molar-refractivity contribution < 1.29 is 4.74 Å². The van der Waals surface area contributed by atoms with E-state index in [1.165, 1.54) is 14.1 Å². The van der Waals surface area contributed by atoms with E-state index < -0.39 is 11.2 Å². The second-order valence-corrected chi connectivity index (χ2v) is 4.55. The van der Waals surface area contributed by atoms with Crippen molar-refractivity contribution in [1.29, 1.82) is 0 Å². The van der Waals surface area contributed by atoms with Gasteiger partial charge in [0.2, 0.25) is 5.82 Å². The summed E-state index contributed by atoms with van der Waals surface area (Å²) in [5.41, 5.74) is 0.0570. The summed E-state index contributed by atoms with van der Waals surface area (Å²) in [5.74, 6) is 0.916. The van der Waals surface area contributed by atoms with Crippen molar-refractivity contribution in [2.75, 3.05) is 11.9 Å². The van der Waals surface area contributed by atoms with Crippen LogP contribution in [0, 0.1) is 0 Å². The van der Waals surface area contributed by atoms with Gasteiger partial charge in [0, 0.05) is 20.6 Å². The molecular weight excluding hydrogens is 272 g/mol. The average Bonchev–Trinajstić information content (AvgIpc) is 2.48. The summed E-state index contributed by atoms with van der Waals surface area (Å²) in [5, 5.41) is 6.88. The van der Waals surface area contributed by atoms with E-state index in [0.29, 0.717) is 13.2 Å². The molecule has 0 bridgehead atoms. The Morgan fingerprint density at radius 2 is 2.05 bits per heavy atom. The topological polar surface area (TPSA) is 78.2 Å². The minimum absolute atomic E-state index is 0.140. The summed E-state index contributed by atoms with van der Waals surface area (Å²) in [7, 11) is 2.93. The number of aromatic nitrogens is 3. The van der Waals surface area contributed by atoms with Crippen LogP contribution in [0.5, 0.6) is 5.75 Å². The Balaban J connectivity index is 2.19. The number of benzene rings is 1. The summed E-state index contributed by atoms with van der Waals surface area (Å²) in [4.78, 5) is 23.5. The van der Waals surface area contributed by atoms with Gasteiger partial charge in [-0.3, -0.25) is 9.36 Å². The van der Waals surface area contributed by atoms with Crippen LogP contribution in [-0.2, 0) is 20.6 Å². The normalized spacial score (nSPS) is 10.4. The fourth-order valence-electron chi connectivity index (χ4n) is 1.91. The fraction of sp³-hybridized carbons (Fsp3) is 0.357. The summed E-state index contributed by atoms with van der Waals surface area (Å²) in [6.45, 7) is 2.93. The summed E-state index contributed by atoms with van der Waals surface area (Å²) >= 11 is 0.